The van der Waals surface area contributed by atoms with E-state index in [1.807, 2.05) is 12.3 Å². The Kier molecular flexibility index (Phi) is 3.48. The molecule has 0 aliphatic heterocycles. The van der Waals surface area contributed by atoms with Crippen LogP contribution in [0.4, 0.5) is 0 Å². The molecule has 0 amide bonds. The highest BCUT2D eigenvalue weighted by molar-refractivity contribution is 7.98. The summed E-state index contributed by atoms with van der Waals surface area (Å²) in [5.41, 5.74) is 3.82. The van der Waals surface area contributed by atoms with E-state index in [4.69, 9.17) is 10.3 Å². The standard InChI is InChI=1S/C7H12N2OS/c1-11-5-7(9-8)6-2-3-10-4-6/h2-4,7,9H,5,8H2,1H3. The second kappa shape index (κ2) is 4.43. The van der Waals surface area contributed by atoms with Crippen LogP contribution in [0.15, 0.2) is 23.0 Å². The van der Waals surface area contributed by atoms with Crippen LogP contribution in [-0.2, 0) is 0 Å². The summed E-state index contributed by atoms with van der Waals surface area (Å²) >= 11 is 1.75. The number of hydrazine groups is 1. The molecule has 4 heteroatoms. The maximum Gasteiger partial charge on any atom is 0.0951 e. The van der Waals surface area contributed by atoms with Gasteiger partial charge in [0.2, 0.25) is 0 Å². The summed E-state index contributed by atoms with van der Waals surface area (Å²) in [6.07, 6.45) is 5.41. The molecule has 1 atom stereocenters. The van der Waals surface area contributed by atoms with Gasteiger partial charge in [-0.25, -0.2) is 0 Å². The molecule has 3 nitrogen and oxygen atoms in total. The predicted octanol–water partition coefficient (Wildman–Crippen LogP) is 1.15. The van der Waals surface area contributed by atoms with E-state index in [0.717, 1.165) is 11.3 Å². The monoisotopic (exact) mass is 172 g/mol. The van der Waals surface area contributed by atoms with Crippen molar-refractivity contribution in [2.45, 2.75) is 6.04 Å². The number of hydrogen-bond acceptors (Lipinski definition) is 4. The zero-order valence-corrected chi connectivity index (χ0v) is 7.23. The predicted molar refractivity (Wildman–Crippen MR) is 47.2 cm³/mol. The fourth-order valence-corrected chi connectivity index (χ4v) is 1.50. The van der Waals surface area contributed by atoms with Gasteiger partial charge in [-0.2, -0.15) is 11.8 Å². The second-order valence-electron chi connectivity index (χ2n) is 2.23. The zero-order chi connectivity index (χ0) is 8.10. The van der Waals surface area contributed by atoms with Crippen LogP contribution in [0.25, 0.3) is 0 Å². The molecule has 0 fully saturated rings. The van der Waals surface area contributed by atoms with E-state index in [1.165, 1.54) is 0 Å². The minimum absolute atomic E-state index is 0.198. The molecule has 1 unspecified atom stereocenters. The molecule has 1 heterocycles. The molecule has 0 saturated carbocycles. The third-order valence-electron chi connectivity index (χ3n) is 1.48. The van der Waals surface area contributed by atoms with E-state index in [0.29, 0.717) is 0 Å². The fourth-order valence-electron chi connectivity index (χ4n) is 0.881. The molecule has 0 saturated heterocycles. The van der Waals surface area contributed by atoms with Crippen molar-refractivity contribution in [1.82, 2.24) is 5.43 Å². The molecule has 0 aliphatic carbocycles. The summed E-state index contributed by atoms with van der Waals surface area (Å²) in [6.45, 7) is 0. The third-order valence-corrected chi connectivity index (χ3v) is 2.15. The normalized spacial score (nSPS) is 13.3. The highest BCUT2D eigenvalue weighted by Gasteiger charge is 2.08. The Balaban J connectivity index is 2.56. The van der Waals surface area contributed by atoms with E-state index in [2.05, 4.69) is 5.43 Å². The van der Waals surface area contributed by atoms with E-state index in [-0.39, 0.29) is 6.04 Å². The molecule has 11 heavy (non-hydrogen) atoms. The van der Waals surface area contributed by atoms with Crippen molar-refractivity contribution in [3.8, 4) is 0 Å². The lowest BCUT2D eigenvalue weighted by atomic mass is 10.2. The van der Waals surface area contributed by atoms with Crippen LogP contribution in [-0.4, -0.2) is 12.0 Å². The zero-order valence-electron chi connectivity index (χ0n) is 6.41. The van der Waals surface area contributed by atoms with Gasteiger partial charge in [0, 0.05) is 11.3 Å². The minimum Gasteiger partial charge on any atom is -0.472 e. The number of hydrogen-bond donors (Lipinski definition) is 2. The third kappa shape index (κ3) is 2.25. The van der Waals surface area contributed by atoms with Gasteiger partial charge in [0.25, 0.3) is 0 Å². The van der Waals surface area contributed by atoms with Gasteiger partial charge in [-0.1, -0.05) is 0 Å². The quantitative estimate of drug-likeness (QED) is 0.528. The Labute approximate surface area is 70.3 Å². The van der Waals surface area contributed by atoms with Crippen LogP contribution >= 0.6 is 11.8 Å². The highest BCUT2D eigenvalue weighted by atomic mass is 32.2. The van der Waals surface area contributed by atoms with Gasteiger partial charge in [-0.05, 0) is 12.3 Å². The largest absolute Gasteiger partial charge is 0.472 e. The summed E-state index contributed by atoms with van der Waals surface area (Å²) in [5, 5.41) is 0. The van der Waals surface area contributed by atoms with Crippen LogP contribution in [0.2, 0.25) is 0 Å². The second-order valence-corrected chi connectivity index (χ2v) is 3.14. The van der Waals surface area contributed by atoms with Crippen LogP contribution < -0.4 is 11.3 Å². The van der Waals surface area contributed by atoms with Crippen molar-refractivity contribution in [2.24, 2.45) is 5.84 Å². The first kappa shape index (κ1) is 8.64. The van der Waals surface area contributed by atoms with Crippen LogP contribution in [0, 0.1) is 0 Å². The first-order chi connectivity index (χ1) is 5.38. The van der Waals surface area contributed by atoms with Gasteiger partial charge in [-0.3, -0.25) is 11.3 Å². The summed E-state index contributed by atoms with van der Waals surface area (Å²) in [7, 11) is 0. The molecule has 1 aromatic heterocycles. The number of rotatable bonds is 4. The Morgan fingerprint density at radius 1 is 1.82 bits per heavy atom. The number of thioether (sulfide) groups is 1. The van der Waals surface area contributed by atoms with Crippen molar-refractivity contribution in [1.29, 1.82) is 0 Å². The van der Waals surface area contributed by atoms with E-state index < -0.39 is 0 Å². The smallest absolute Gasteiger partial charge is 0.0951 e. The Morgan fingerprint density at radius 2 is 2.64 bits per heavy atom. The molecule has 0 aliphatic rings. The fraction of sp³-hybridized carbons (Fsp3) is 0.429. The summed E-state index contributed by atoms with van der Waals surface area (Å²) in [6, 6.07) is 2.12. The number of nitrogens with two attached hydrogens (primary N) is 1. The van der Waals surface area contributed by atoms with Gasteiger partial charge in [0.05, 0.1) is 18.6 Å². The molecule has 0 radical (unpaired) electrons. The van der Waals surface area contributed by atoms with E-state index >= 15 is 0 Å². The Bertz CT molecular complexity index is 188. The van der Waals surface area contributed by atoms with Gasteiger partial charge in [-0.15, -0.1) is 0 Å². The molecule has 0 aromatic carbocycles. The van der Waals surface area contributed by atoms with Gasteiger partial charge in [0.15, 0.2) is 0 Å². The summed E-state index contributed by atoms with van der Waals surface area (Å²) in [5.74, 6) is 6.30. The van der Waals surface area contributed by atoms with Gasteiger partial charge in [0.1, 0.15) is 0 Å². The maximum atomic E-state index is 5.35. The first-order valence-electron chi connectivity index (χ1n) is 3.35. The lowest BCUT2D eigenvalue weighted by Crippen LogP contribution is -2.29. The Morgan fingerprint density at radius 3 is 3.09 bits per heavy atom. The van der Waals surface area contributed by atoms with Crippen molar-refractivity contribution in [3.05, 3.63) is 24.2 Å². The van der Waals surface area contributed by atoms with E-state index in [1.54, 1.807) is 24.3 Å². The average Bonchev–Trinajstić information content (AvgIpc) is 2.52. The van der Waals surface area contributed by atoms with Crippen LogP contribution in [0.3, 0.4) is 0 Å². The molecule has 0 spiro atoms. The van der Waals surface area contributed by atoms with Gasteiger partial charge < -0.3 is 4.42 Å². The Hall–Kier alpha value is -0.450. The molecule has 1 aromatic rings. The number of nitrogens with one attached hydrogen (secondary N) is 1. The molecular weight excluding hydrogens is 160 g/mol. The summed E-state index contributed by atoms with van der Waals surface area (Å²) < 4.78 is 4.94. The summed E-state index contributed by atoms with van der Waals surface area (Å²) in [4.78, 5) is 0. The van der Waals surface area contributed by atoms with Crippen molar-refractivity contribution in [3.63, 3.8) is 0 Å². The van der Waals surface area contributed by atoms with Crippen molar-refractivity contribution in [2.75, 3.05) is 12.0 Å². The van der Waals surface area contributed by atoms with Gasteiger partial charge >= 0.3 is 0 Å². The SMILES string of the molecule is CSCC(NN)c1ccoc1. The minimum atomic E-state index is 0.198. The van der Waals surface area contributed by atoms with E-state index in [9.17, 15) is 0 Å². The topological polar surface area (TPSA) is 51.2 Å². The molecule has 1 rings (SSSR count). The van der Waals surface area contributed by atoms with Crippen LogP contribution in [0.1, 0.15) is 11.6 Å². The lowest BCUT2D eigenvalue weighted by molar-refractivity contribution is 0.548. The highest BCUT2D eigenvalue weighted by Crippen LogP contribution is 2.15. The molecular formula is C7H12N2OS. The maximum absolute atomic E-state index is 5.35. The molecule has 3 N–H and O–H groups in total. The number of furan rings is 1. The van der Waals surface area contributed by atoms with Crippen molar-refractivity contribution >= 4 is 11.8 Å². The lowest BCUT2D eigenvalue weighted by Gasteiger charge is -2.11. The van der Waals surface area contributed by atoms with Crippen molar-refractivity contribution < 1.29 is 4.42 Å². The average molecular weight is 172 g/mol. The first-order valence-corrected chi connectivity index (χ1v) is 4.75. The molecule has 0 bridgehead atoms. The molecule has 62 valence electrons. The van der Waals surface area contributed by atoms with Crippen LogP contribution in [0.5, 0.6) is 0 Å².